The van der Waals surface area contributed by atoms with E-state index >= 15 is 0 Å². The lowest BCUT2D eigenvalue weighted by Gasteiger charge is -2.36. The molecule has 5 heteroatoms. The molecule has 1 heterocycles. The van der Waals surface area contributed by atoms with Crippen LogP contribution >= 0.6 is 0 Å². The van der Waals surface area contributed by atoms with Gasteiger partial charge in [-0.3, -0.25) is 4.90 Å². The van der Waals surface area contributed by atoms with Crippen molar-refractivity contribution in [1.29, 1.82) is 0 Å². The molecular weight excluding hydrogens is 222 g/mol. The average molecular weight is 241 g/mol. The summed E-state index contributed by atoms with van der Waals surface area (Å²) in [5.74, 6) is -0.582. The fraction of sp³-hybridized carbons (Fsp3) is 0.833. The summed E-state index contributed by atoms with van der Waals surface area (Å²) in [6, 6.07) is 0. The number of likely N-dealkylation sites (tertiary alicyclic amines) is 1. The second-order valence-electron chi connectivity index (χ2n) is 6.04. The van der Waals surface area contributed by atoms with E-state index < -0.39 is 23.2 Å². The van der Waals surface area contributed by atoms with Gasteiger partial charge in [-0.25, -0.2) is 9.59 Å². The van der Waals surface area contributed by atoms with Gasteiger partial charge in [0, 0.05) is 6.54 Å². The minimum absolute atomic E-state index is 0.318. The van der Waals surface area contributed by atoms with Gasteiger partial charge in [0.1, 0.15) is 11.1 Å². The monoisotopic (exact) mass is 241 g/mol. The van der Waals surface area contributed by atoms with Crippen molar-refractivity contribution in [3.05, 3.63) is 0 Å². The van der Waals surface area contributed by atoms with Gasteiger partial charge in [-0.15, -0.1) is 0 Å². The van der Waals surface area contributed by atoms with Crippen LogP contribution < -0.4 is 0 Å². The third-order valence-corrected chi connectivity index (χ3v) is 3.56. The molecule has 1 saturated heterocycles. The standard InChI is InChI=1S/C12H19NO4/c1-11(2,3)17-10(16)13-7-8-4-5-12(13,6-8)9(14)15/h8H,4-7H2,1-3H3,(H,14,15)/t8?,12-/m0/s1. The van der Waals surface area contributed by atoms with E-state index in [0.29, 0.717) is 25.3 Å². The maximum absolute atomic E-state index is 12.0. The Kier molecular flexibility index (Phi) is 2.60. The third-order valence-electron chi connectivity index (χ3n) is 3.56. The van der Waals surface area contributed by atoms with E-state index in [9.17, 15) is 14.7 Å². The predicted octanol–water partition coefficient (Wildman–Crippen LogP) is 1.86. The number of carboxylic acids is 1. The molecule has 96 valence electrons. The maximum atomic E-state index is 12.0. The molecule has 1 amide bonds. The first-order valence-electron chi connectivity index (χ1n) is 5.99. The molecular formula is C12H19NO4. The number of fused-ring (bicyclic) bond motifs is 2. The molecule has 2 rings (SSSR count). The Balaban J connectivity index is 2.17. The number of ether oxygens (including phenoxy) is 1. The zero-order valence-corrected chi connectivity index (χ0v) is 10.5. The van der Waals surface area contributed by atoms with Gasteiger partial charge in [-0.05, 0) is 46.0 Å². The molecule has 2 bridgehead atoms. The summed E-state index contributed by atoms with van der Waals surface area (Å²) >= 11 is 0. The van der Waals surface area contributed by atoms with Crippen molar-refractivity contribution in [2.24, 2.45) is 5.92 Å². The fourth-order valence-electron chi connectivity index (χ4n) is 2.83. The summed E-state index contributed by atoms with van der Waals surface area (Å²) < 4.78 is 5.27. The second-order valence-corrected chi connectivity index (χ2v) is 6.04. The molecule has 1 unspecified atom stereocenters. The van der Waals surface area contributed by atoms with E-state index in [4.69, 9.17) is 4.74 Å². The van der Waals surface area contributed by atoms with Crippen LogP contribution in [0, 0.1) is 5.92 Å². The molecule has 5 nitrogen and oxygen atoms in total. The Morgan fingerprint density at radius 3 is 2.53 bits per heavy atom. The number of nitrogens with zero attached hydrogens (tertiary/aromatic N) is 1. The number of aliphatic carboxylic acids is 1. The summed E-state index contributed by atoms with van der Waals surface area (Å²) in [5.41, 5.74) is -1.59. The molecule has 2 fully saturated rings. The van der Waals surface area contributed by atoms with Gasteiger partial charge < -0.3 is 9.84 Å². The highest BCUT2D eigenvalue weighted by Crippen LogP contribution is 2.47. The van der Waals surface area contributed by atoms with Crippen LogP contribution in [0.3, 0.4) is 0 Å². The van der Waals surface area contributed by atoms with Crippen molar-refractivity contribution in [1.82, 2.24) is 4.90 Å². The molecule has 0 aromatic carbocycles. The van der Waals surface area contributed by atoms with Crippen molar-refractivity contribution in [3.8, 4) is 0 Å². The zero-order valence-electron chi connectivity index (χ0n) is 10.5. The number of hydrogen-bond acceptors (Lipinski definition) is 3. The molecule has 0 aromatic rings. The van der Waals surface area contributed by atoms with Gasteiger partial charge in [0.15, 0.2) is 0 Å². The van der Waals surface area contributed by atoms with E-state index in [2.05, 4.69) is 0 Å². The zero-order chi connectivity index (χ0) is 12.8. The van der Waals surface area contributed by atoms with Crippen LogP contribution in [0.4, 0.5) is 4.79 Å². The van der Waals surface area contributed by atoms with Gasteiger partial charge in [0.25, 0.3) is 0 Å². The fourth-order valence-corrected chi connectivity index (χ4v) is 2.83. The number of carboxylic acid groups (broad SMARTS) is 1. The van der Waals surface area contributed by atoms with E-state index in [0.717, 1.165) is 6.42 Å². The molecule has 2 atom stereocenters. The largest absolute Gasteiger partial charge is 0.479 e. The average Bonchev–Trinajstić information content (AvgIpc) is 2.72. The SMILES string of the molecule is CC(C)(C)OC(=O)N1CC2CC[C@@]1(C(=O)O)C2. The molecule has 0 radical (unpaired) electrons. The van der Waals surface area contributed by atoms with Crippen molar-refractivity contribution >= 4 is 12.1 Å². The van der Waals surface area contributed by atoms with Crippen LogP contribution in [0.15, 0.2) is 0 Å². The number of carbonyl (C=O) groups is 2. The van der Waals surface area contributed by atoms with Crippen molar-refractivity contribution in [2.45, 2.75) is 51.2 Å². The third kappa shape index (κ3) is 1.98. The minimum atomic E-state index is -1.01. The lowest BCUT2D eigenvalue weighted by molar-refractivity contribution is -0.149. The first-order valence-corrected chi connectivity index (χ1v) is 5.99. The van der Waals surface area contributed by atoms with E-state index in [1.807, 2.05) is 0 Å². The molecule has 17 heavy (non-hydrogen) atoms. The highest BCUT2D eigenvalue weighted by atomic mass is 16.6. The molecule has 1 aliphatic carbocycles. The van der Waals surface area contributed by atoms with Crippen LogP contribution in [0.25, 0.3) is 0 Å². The summed E-state index contributed by atoms with van der Waals surface area (Å²) in [6.07, 6.45) is 1.52. The minimum Gasteiger partial charge on any atom is -0.479 e. The Morgan fingerprint density at radius 2 is 2.06 bits per heavy atom. The van der Waals surface area contributed by atoms with Gasteiger partial charge in [-0.2, -0.15) is 0 Å². The lowest BCUT2D eigenvalue weighted by atomic mass is 9.98. The highest BCUT2D eigenvalue weighted by Gasteiger charge is 2.58. The molecule has 0 aromatic heterocycles. The summed E-state index contributed by atoms with van der Waals surface area (Å²) in [5, 5.41) is 9.36. The smallest absolute Gasteiger partial charge is 0.411 e. The lowest BCUT2D eigenvalue weighted by Crippen LogP contribution is -2.54. The maximum Gasteiger partial charge on any atom is 0.411 e. The molecule has 2 aliphatic rings. The normalized spacial score (nSPS) is 31.7. The van der Waals surface area contributed by atoms with Crippen LogP contribution in [0.2, 0.25) is 0 Å². The molecule has 0 spiro atoms. The Hall–Kier alpha value is -1.26. The van der Waals surface area contributed by atoms with E-state index in [1.54, 1.807) is 20.8 Å². The molecule has 1 saturated carbocycles. The quantitative estimate of drug-likeness (QED) is 0.761. The van der Waals surface area contributed by atoms with E-state index in [-0.39, 0.29) is 0 Å². The number of carbonyl (C=O) groups excluding carboxylic acids is 1. The summed E-state index contributed by atoms with van der Waals surface area (Å²) in [7, 11) is 0. The Morgan fingerprint density at radius 1 is 1.41 bits per heavy atom. The van der Waals surface area contributed by atoms with Crippen molar-refractivity contribution in [2.75, 3.05) is 6.54 Å². The van der Waals surface area contributed by atoms with E-state index in [1.165, 1.54) is 4.90 Å². The topological polar surface area (TPSA) is 66.8 Å². The van der Waals surface area contributed by atoms with Gasteiger partial charge >= 0.3 is 12.1 Å². The van der Waals surface area contributed by atoms with Gasteiger partial charge in [0.2, 0.25) is 0 Å². The molecule has 1 aliphatic heterocycles. The number of rotatable bonds is 1. The second kappa shape index (κ2) is 3.62. The number of amides is 1. The van der Waals surface area contributed by atoms with Crippen LogP contribution in [-0.2, 0) is 9.53 Å². The van der Waals surface area contributed by atoms with Crippen LogP contribution in [0.1, 0.15) is 40.0 Å². The molecule has 1 N–H and O–H groups in total. The summed E-state index contributed by atoms with van der Waals surface area (Å²) in [6.45, 7) is 5.87. The predicted molar refractivity (Wildman–Crippen MR) is 60.6 cm³/mol. The highest BCUT2D eigenvalue weighted by molar-refractivity contribution is 5.86. The van der Waals surface area contributed by atoms with Gasteiger partial charge in [-0.1, -0.05) is 0 Å². The first kappa shape index (κ1) is 12.2. The number of piperidine rings is 1. The Bertz CT molecular complexity index is 360. The van der Waals surface area contributed by atoms with Crippen molar-refractivity contribution < 1.29 is 19.4 Å². The van der Waals surface area contributed by atoms with Crippen molar-refractivity contribution in [3.63, 3.8) is 0 Å². The Labute approximate surface area is 101 Å². The summed E-state index contributed by atoms with van der Waals surface area (Å²) in [4.78, 5) is 24.8. The first-order chi connectivity index (χ1) is 7.74. The van der Waals surface area contributed by atoms with Crippen LogP contribution in [-0.4, -0.2) is 39.8 Å². The number of hydrogen-bond donors (Lipinski definition) is 1. The van der Waals surface area contributed by atoms with Crippen LogP contribution in [0.5, 0.6) is 0 Å². The van der Waals surface area contributed by atoms with Gasteiger partial charge in [0.05, 0.1) is 0 Å².